The second-order valence-electron chi connectivity index (χ2n) is 7.92. The van der Waals surface area contributed by atoms with Crippen molar-refractivity contribution < 1.29 is 19.4 Å². The zero-order valence-electron chi connectivity index (χ0n) is 18.0. The Morgan fingerprint density at radius 3 is 2.42 bits per heavy atom. The summed E-state index contributed by atoms with van der Waals surface area (Å²) < 4.78 is 11.7. The molecule has 1 atom stereocenters. The summed E-state index contributed by atoms with van der Waals surface area (Å²) in [7, 11) is 0. The van der Waals surface area contributed by atoms with E-state index in [1.807, 2.05) is 13.0 Å². The zero-order valence-corrected chi connectivity index (χ0v) is 18.0. The number of benzene rings is 2. The van der Waals surface area contributed by atoms with Gasteiger partial charge in [-0.2, -0.15) is 5.26 Å². The summed E-state index contributed by atoms with van der Waals surface area (Å²) in [5.74, 6) is 0.907. The van der Waals surface area contributed by atoms with Crippen LogP contribution in [0.2, 0.25) is 0 Å². The van der Waals surface area contributed by atoms with Crippen LogP contribution >= 0.6 is 0 Å². The summed E-state index contributed by atoms with van der Waals surface area (Å²) in [5.41, 5.74) is 1.69. The van der Waals surface area contributed by atoms with E-state index >= 15 is 0 Å². The van der Waals surface area contributed by atoms with Crippen molar-refractivity contribution in [3.05, 3.63) is 53.6 Å². The highest BCUT2D eigenvalue weighted by atomic mass is 16.5. The summed E-state index contributed by atoms with van der Waals surface area (Å²) in [6.45, 7) is 2.98. The molecule has 0 heterocycles. The molecule has 0 bridgehead atoms. The lowest BCUT2D eigenvalue weighted by Crippen LogP contribution is -2.20. The minimum atomic E-state index is -1.01. The molecule has 0 radical (unpaired) electrons. The second kappa shape index (κ2) is 11.3. The number of rotatable bonds is 10. The lowest BCUT2D eigenvalue weighted by molar-refractivity contribution is -0.138. The van der Waals surface area contributed by atoms with E-state index in [0.717, 1.165) is 6.42 Å². The molecule has 1 saturated carbocycles. The van der Waals surface area contributed by atoms with Gasteiger partial charge in [0.2, 0.25) is 0 Å². The van der Waals surface area contributed by atoms with E-state index in [4.69, 9.17) is 14.7 Å². The van der Waals surface area contributed by atoms with Crippen molar-refractivity contribution in [2.75, 3.05) is 18.5 Å². The van der Waals surface area contributed by atoms with Crippen LogP contribution in [0.4, 0.5) is 5.69 Å². The first-order valence-electron chi connectivity index (χ1n) is 11.0. The van der Waals surface area contributed by atoms with Crippen molar-refractivity contribution in [3.8, 4) is 17.6 Å². The molecule has 1 aliphatic rings. The number of carboxylic acid groups (broad SMARTS) is 1. The minimum Gasteiger partial charge on any atom is -0.494 e. The monoisotopic (exact) mass is 422 g/mol. The normalized spacial score (nSPS) is 15.0. The molecule has 0 aromatic heterocycles. The van der Waals surface area contributed by atoms with E-state index in [0.29, 0.717) is 47.4 Å². The highest BCUT2D eigenvalue weighted by Crippen LogP contribution is 2.31. The summed E-state index contributed by atoms with van der Waals surface area (Å²) in [4.78, 5) is 12.0. The summed E-state index contributed by atoms with van der Waals surface area (Å²) in [6, 6.07) is 13.1. The van der Waals surface area contributed by atoms with Crippen molar-refractivity contribution in [3.63, 3.8) is 0 Å². The number of nitrogens with zero attached hydrogens (tertiary/aromatic N) is 1. The van der Waals surface area contributed by atoms with Gasteiger partial charge in [-0.15, -0.1) is 0 Å². The Kier molecular flexibility index (Phi) is 8.17. The molecule has 31 heavy (non-hydrogen) atoms. The number of ether oxygens (including phenoxy) is 2. The Labute approximate surface area is 183 Å². The van der Waals surface area contributed by atoms with Gasteiger partial charge < -0.3 is 19.9 Å². The highest BCUT2D eigenvalue weighted by Gasteiger charge is 2.22. The third-order valence-electron chi connectivity index (χ3n) is 5.64. The Balaban J connectivity index is 1.75. The van der Waals surface area contributed by atoms with Crippen LogP contribution in [0.5, 0.6) is 11.5 Å². The van der Waals surface area contributed by atoms with Gasteiger partial charge >= 0.3 is 5.97 Å². The molecule has 1 aliphatic carbocycles. The van der Waals surface area contributed by atoms with Gasteiger partial charge in [-0.05, 0) is 61.2 Å². The van der Waals surface area contributed by atoms with Gasteiger partial charge in [-0.25, -0.2) is 4.79 Å². The van der Waals surface area contributed by atoms with Crippen LogP contribution < -0.4 is 14.8 Å². The number of anilines is 1. The molecule has 2 aromatic rings. The van der Waals surface area contributed by atoms with Gasteiger partial charge in [0.25, 0.3) is 0 Å². The standard InChI is InChI=1S/C25H30N2O4/c1-2-30-22-14-20(15-23(16-22)31-13-12-18-6-4-3-5-7-18)24(25(28)29)27-21-10-8-19(17-26)9-11-21/h8-11,14-16,18,24,27H,2-7,12-13H2,1H3,(H,28,29). The molecule has 6 nitrogen and oxygen atoms in total. The Morgan fingerprint density at radius 2 is 1.81 bits per heavy atom. The van der Waals surface area contributed by atoms with E-state index in [9.17, 15) is 9.90 Å². The molecule has 0 aliphatic heterocycles. The van der Waals surface area contributed by atoms with Crippen LogP contribution in [0.15, 0.2) is 42.5 Å². The Hall–Kier alpha value is -3.20. The van der Waals surface area contributed by atoms with E-state index in [-0.39, 0.29) is 0 Å². The molecular weight excluding hydrogens is 392 g/mol. The predicted molar refractivity (Wildman–Crippen MR) is 119 cm³/mol. The van der Waals surface area contributed by atoms with Crippen LogP contribution in [-0.2, 0) is 4.79 Å². The fourth-order valence-electron chi connectivity index (χ4n) is 4.01. The quantitative estimate of drug-likeness (QED) is 0.522. The van der Waals surface area contributed by atoms with Gasteiger partial charge in [-0.3, -0.25) is 0 Å². The van der Waals surface area contributed by atoms with Crippen LogP contribution in [0, 0.1) is 17.2 Å². The maximum absolute atomic E-state index is 12.0. The van der Waals surface area contributed by atoms with Gasteiger partial charge in [0, 0.05) is 11.8 Å². The Morgan fingerprint density at radius 1 is 1.13 bits per heavy atom. The largest absolute Gasteiger partial charge is 0.494 e. The SMILES string of the molecule is CCOc1cc(OCCC2CCCCC2)cc(C(Nc2ccc(C#N)cc2)C(=O)O)c1. The Bertz CT molecular complexity index is 899. The van der Waals surface area contributed by atoms with Gasteiger partial charge in [-0.1, -0.05) is 32.1 Å². The molecule has 0 amide bonds. The number of nitriles is 1. The smallest absolute Gasteiger partial charge is 0.330 e. The van der Waals surface area contributed by atoms with Crippen molar-refractivity contribution >= 4 is 11.7 Å². The first-order chi connectivity index (χ1) is 15.1. The minimum absolute atomic E-state index is 0.478. The molecule has 2 aromatic carbocycles. The number of carbonyl (C=O) groups is 1. The highest BCUT2D eigenvalue weighted by molar-refractivity contribution is 5.79. The third kappa shape index (κ3) is 6.65. The zero-order chi connectivity index (χ0) is 22.1. The van der Waals surface area contributed by atoms with Crippen molar-refractivity contribution in [1.29, 1.82) is 5.26 Å². The molecule has 6 heteroatoms. The van der Waals surface area contributed by atoms with Crippen molar-refractivity contribution in [2.24, 2.45) is 5.92 Å². The molecule has 2 N–H and O–H groups in total. The number of nitrogens with one attached hydrogen (secondary N) is 1. The van der Waals surface area contributed by atoms with E-state index in [1.54, 1.807) is 36.4 Å². The first kappa shape index (κ1) is 22.5. The topological polar surface area (TPSA) is 91.6 Å². The molecule has 0 spiro atoms. The molecular formula is C25H30N2O4. The average molecular weight is 423 g/mol. The molecule has 164 valence electrons. The summed E-state index contributed by atoms with van der Waals surface area (Å²) in [6.07, 6.45) is 7.48. The van der Waals surface area contributed by atoms with Crippen molar-refractivity contribution in [1.82, 2.24) is 0 Å². The summed E-state index contributed by atoms with van der Waals surface area (Å²) in [5, 5.41) is 21.8. The second-order valence-corrected chi connectivity index (χ2v) is 7.92. The summed E-state index contributed by atoms with van der Waals surface area (Å²) >= 11 is 0. The third-order valence-corrected chi connectivity index (χ3v) is 5.64. The fourth-order valence-corrected chi connectivity index (χ4v) is 4.01. The number of hydrogen-bond acceptors (Lipinski definition) is 5. The maximum Gasteiger partial charge on any atom is 0.330 e. The number of aliphatic carboxylic acids is 1. The predicted octanol–water partition coefficient (Wildman–Crippen LogP) is 5.54. The van der Waals surface area contributed by atoms with Gasteiger partial charge in [0.15, 0.2) is 6.04 Å². The number of carboxylic acids is 1. The van der Waals surface area contributed by atoms with Crippen LogP contribution in [0.3, 0.4) is 0 Å². The van der Waals surface area contributed by atoms with Crippen molar-refractivity contribution in [2.45, 2.75) is 51.5 Å². The molecule has 3 rings (SSSR count). The lowest BCUT2D eigenvalue weighted by atomic mass is 9.87. The molecule has 1 fully saturated rings. The molecule has 0 saturated heterocycles. The van der Waals surface area contributed by atoms with Gasteiger partial charge in [0.1, 0.15) is 11.5 Å². The lowest BCUT2D eigenvalue weighted by Gasteiger charge is -2.22. The molecule has 1 unspecified atom stereocenters. The van der Waals surface area contributed by atoms with Crippen LogP contribution in [0.1, 0.15) is 62.6 Å². The van der Waals surface area contributed by atoms with Gasteiger partial charge in [0.05, 0.1) is 24.8 Å². The van der Waals surface area contributed by atoms with E-state index in [1.165, 1.54) is 32.1 Å². The first-order valence-corrected chi connectivity index (χ1v) is 11.0. The number of hydrogen-bond donors (Lipinski definition) is 2. The van der Waals surface area contributed by atoms with E-state index < -0.39 is 12.0 Å². The average Bonchev–Trinajstić information content (AvgIpc) is 2.78. The van der Waals surface area contributed by atoms with Crippen LogP contribution in [-0.4, -0.2) is 24.3 Å². The van der Waals surface area contributed by atoms with E-state index in [2.05, 4.69) is 11.4 Å². The fraction of sp³-hybridized carbons (Fsp3) is 0.440. The maximum atomic E-state index is 12.0. The van der Waals surface area contributed by atoms with Crippen LogP contribution in [0.25, 0.3) is 0 Å².